The van der Waals surface area contributed by atoms with Gasteiger partial charge in [0.15, 0.2) is 5.11 Å². The minimum absolute atomic E-state index is 0.120. The number of aryl methyl sites for hydroxylation is 1. The van der Waals surface area contributed by atoms with E-state index in [0.717, 1.165) is 52.5 Å². The molecule has 0 saturated carbocycles. The molecule has 194 valence electrons. The highest BCUT2D eigenvalue weighted by Gasteiger charge is 2.42. The zero-order valence-electron chi connectivity index (χ0n) is 21.7. The molecule has 0 radical (unpaired) electrons. The molecule has 7 heteroatoms. The topological polar surface area (TPSA) is 36.3 Å². The van der Waals surface area contributed by atoms with Gasteiger partial charge in [-0.2, -0.15) is 0 Å². The number of benzene rings is 2. The molecule has 2 fully saturated rings. The van der Waals surface area contributed by atoms with Crippen LogP contribution in [-0.2, 0) is 0 Å². The first-order chi connectivity index (χ1) is 18.5. The molecular formula is C31H32ClN5S. The summed E-state index contributed by atoms with van der Waals surface area (Å²) in [4.78, 5) is 9.31. The Morgan fingerprint density at radius 2 is 1.79 bits per heavy atom. The molecule has 0 bridgehead atoms. The standard InChI is InChI=1S/C31H32ClN5S/c1-21-13-17-35(18-14-21)27-12-11-24(20-25(27)32)37-30(29(34-31(37)38)26-9-3-4-15-33-26)28-10-6-16-36(28)23-8-5-7-22(2)19-23/h3-12,15-16,19-21,29-30H,13-14,17-18H2,1-2H3,(H,34,38)/t29-,30-/m0/s1. The Morgan fingerprint density at radius 3 is 2.53 bits per heavy atom. The fourth-order valence-electron chi connectivity index (χ4n) is 5.73. The Bertz CT molecular complexity index is 1440. The van der Waals surface area contributed by atoms with Crippen molar-refractivity contribution >= 4 is 40.3 Å². The van der Waals surface area contributed by atoms with E-state index < -0.39 is 0 Å². The van der Waals surface area contributed by atoms with Crippen LogP contribution in [0.2, 0.25) is 5.02 Å². The van der Waals surface area contributed by atoms with Gasteiger partial charge in [-0.3, -0.25) is 4.98 Å². The number of thiocarbonyl (C=S) groups is 1. The van der Waals surface area contributed by atoms with Crippen LogP contribution in [0.25, 0.3) is 5.69 Å². The molecule has 0 spiro atoms. The van der Waals surface area contributed by atoms with Crippen molar-refractivity contribution in [1.82, 2.24) is 14.9 Å². The van der Waals surface area contributed by atoms with Gasteiger partial charge in [-0.15, -0.1) is 0 Å². The summed E-state index contributed by atoms with van der Waals surface area (Å²) < 4.78 is 2.25. The van der Waals surface area contributed by atoms with Gasteiger partial charge in [0.25, 0.3) is 0 Å². The van der Waals surface area contributed by atoms with E-state index in [9.17, 15) is 0 Å². The van der Waals surface area contributed by atoms with Crippen molar-refractivity contribution in [2.45, 2.75) is 38.8 Å². The number of pyridine rings is 1. The van der Waals surface area contributed by atoms with E-state index in [1.165, 1.54) is 18.4 Å². The first-order valence-corrected chi connectivity index (χ1v) is 14.1. The maximum absolute atomic E-state index is 6.95. The van der Waals surface area contributed by atoms with Crippen LogP contribution < -0.4 is 15.1 Å². The number of aromatic nitrogens is 2. The van der Waals surface area contributed by atoms with Gasteiger partial charge >= 0.3 is 0 Å². The second-order valence-corrected chi connectivity index (χ2v) is 11.2. The van der Waals surface area contributed by atoms with Crippen LogP contribution in [0.4, 0.5) is 11.4 Å². The summed E-state index contributed by atoms with van der Waals surface area (Å²) in [6.45, 7) is 6.53. The summed E-state index contributed by atoms with van der Waals surface area (Å²) in [6, 6.07) is 25.0. The minimum Gasteiger partial charge on any atom is -0.370 e. The highest BCUT2D eigenvalue weighted by molar-refractivity contribution is 7.80. The zero-order chi connectivity index (χ0) is 26.2. The van der Waals surface area contributed by atoms with Crippen molar-refractivity contribution in [1.29, 1.82) is 0 Å². The van der Waals surface area contributed by atoms with E-state index in [1.54, 1.807) is 0 Å². The van der Waals surface area contributed by atoms with Crippen molar-refractivity contribution < 1.29 is 0 Å². The van der Waals surface area contributed by atoms with Gasteiger partial charge in [0, 0.05) is 42.6 Å². The molecule has 2 aromatic carbocycles. The van der Waals surface area contributed by atoms with E-state index in [2.05, 4.69) is 100 Å². The number of halogens is 1. The molecule has 4 heterocycles. The van der Waals surface area contributed by atoms with Gasteiger partial charge in [0.1, 0.15) is 6.04 Å². The molecule has 38 heavy (non-hydrogen) atoms. The molecular weight excluding hydrogens is 510 g/mol. The number of nitrogens with one attached hydrogen (secondary N) is 1. The maximum Gasteiger partial charge on any atom is 0.174 e. The van der Waals surface area contributed by atoms with E-state index >= 15 is 0 Å². The number of piperidine rings is 1. The Labute approximate surface area is 235 Å². The lowest BCUT2D eigenvalue weighted by Gasteiger charge is -2.33. The van der Waals surface area contributed by atoms with Gasteiger partial charge in [0.05, 0.1) is 22.4 Å². The lowest BCUT2D eigenvalue weighted by atomic mass is 9.98. The van der Waals surface area contributed by atoms with Crippen LogP contribution >= 0.6 is 23.8 Å². The Balaban J connectivity index is 1.42. The lowest BCUT2D eigenvalue weighted by molar-refractivity contribution is 0.438. The second-order valence-electron chi connectivity index (χ2n) is 10.4. The van der Waals surface area contributed by atoms with Crippen molar-refractivity contribution in [3.63, 3.8) is 0 Å². The van der Waals surface area contributed by atoms with E-state index in [1.807, 2.05) is 18.3 Å². The smallest absolute Gasteiger partial charge is 0.174 e. The van der Waals surface area contributed by atoms with Gasteiger partial charge in [-0.1, -0.05) is 36.7 Å². The SMILES string of the molecule is Cc1cccc(-n2cccc2[C@H]2[C@H](c3ccccn3)NC(=S)N2c2ccc(N3CCC(C)CC3)c(Cl)c2)c1. The summed E-state index contributed by atoms with van der Waals surface area (Å²) in [7, 11) is 0. The molecule has 2 aromatic heterocycles. The van der Waals surface area contributed by atoms with Gasteiger partial charge in [0.2, 0.25) is 0 Å². The molecule has 0 aliphatic carbocycles. The number of anilines is 2. The normalized spacial score (nSPS) is 20.1. The predicted molar refractivity (Wildman–Crippen MR) is 161 cm³/mol. The van der Waals surface area contributed by atoms with Crippen molar-refractivity contribution in [3.05, 3.63) is 107 Å². The highest BCUT2D eigenvalue weighted by atomic mass is 35.5. The van der Waals surface area contributed by atoms with Crippen LogP contribution in [0.5, 0.6) is 0 Å². The largest absolute Gasteiger partial charge is 0.370 e. The minimum atomic E-state index is -0.121. The number of hydrogen-bond donors (Lipinski definition) is 1. The number of rotatable bonds is 5. The van der Waals surface area contributed by atoms with Gasteiger partial charge in [-0.05, 0) is 98.1 Å². The molecule has 5 nitrogen and oxygen atoms in total. The molecule has 2 aliphatic heterocycles. The third-order valence-corrected chi connectivity index (χ3v) is 8.41. The van der Waals surface area contributed by atoms with Crippen LogP contribution in [0.1, 0.15) is 48.8 Å². The molecule has 0 amide bonds. The first kappa shape index (κ1) is 25.0. The van der Waals surface area contributed by atoms with E-state index in [0.29, 0.717) is 5.11 Å². The fraction of sp³-hybridized carbons (Fsp3) is 0.290. The van der Waals surface area contributed by atoms with Crippen molar-refractivity contribution in [2.75, 3.05) is 22.9 Å². The average molecular weight is 542 g/mol. The second kappa shape index (κ2) is 10.4. The van der Waals surface area contributed by atoms with Crippen LogP contribution in [0, 0.1) is 12.8 Å². The Morgan fingerprint density at radius 1 is 0.947 bits per heavy atom. The molecule has 4 aromatic rings. The quantitative estimate of drug-likeness (QED) is 0.269. The lowest BCUT2D eigenvalue weighted by Crippen LogP contribution is -2.33. The van der Waals surface area contributed by atoms with Crippen LogP contribution in [0.3, 0.4) is 0 Å². The Kier molecular flexibility index (Phi) is 6.85. The number of nitrogens with zero attached hydrogens (tertiary/aromatic N) is 4. The first-order valence-electron chi connectivity index (χ1n) is 13.3. The average Bonchev–Trinajstić information content (AvgIpc) is 3.54. The molecule has 0 unspecified atom stereocenters. The third-order valence-electron chi connectivity index (χ3n) is 7.80. The summed E-state index contributed by atoms with van der Waals surface area (Å²) in [6.07, 6.45) is 6.35. The molecule has 2 atom stereocenters. The fourth-order valence-corrected chi connectivity index (χ4v) is 6.37. The zero-order valence-corrected chi connectivity index (χ0v) is 23.3. The number of hydrogen-bond acceptors (Lipinski definition) is 3. The molecule has 2 saturated heterocycles. The third kappa shape index (κ3) is 4.67. The van der Waals surface area contributed by atoms with Gasteiger partial charge < -0.3 is 19.7 Å². The molecule has 1 N–H and O–H groups in total. The predicted octanol–water partition coefficient (Wildman–Crippen LogP) is 7.25. The summed E-state index contributed by atoms with van der Waals surface area (Å²) >= 11 is 12.9. The molecule has 6 rings (SSSR count). The van der Waals surface area contributed by atoms with E-state index in [4.69, 9.17) is 28.8 Å². The van der Waals surface area contributed by atoms with Crippen molar-refractivity contribution in [3.8, 4) is 5.69 Å². The molecule has 2 aliphatic rings. The van der Waals surface area contributed by atoms with Crippen LogP contribution in [-0.4, -0.2) is 27.8 Å². The van der Waals surface area contributed by atoms with Crippen LogP contribution in [0.15, 0.2) is 85.2 Å². The highest BCUT2D eigenvalue weighted by Crippen LogP contribution is 2.44. The summed E-state index contributed by atoms with van der Waals surface area (Å²) in [5.74, 6) is 0.770. The Hall–Kier alpha value is -3.35. The maximum atomic E-state index is 6.95. The van der Waals surface area contributed by atoms with Crippen molar-refractivity contribution in [2.24, 2.45) is 5.92 Å². The monoisotopic (exact) mass is 541 g/mol. The van der Waals surface area contributed by atoms with E-state index in [-0.39, 0.29) is 12.1 Å². The summed E-state index contributed by atoms with van der Waals surface area (Å²) in [5, 5.41) is 5.00. The summed E-state index contributed by atoms with van der Waals surface area (Å²) in [5.41, 5.74) is 6.49. The van der Waals surface area contributed by atoms with Gasteiger partial charge in [-0.25, -0.2) is 0 Å².